The average molecular weight is 1010 g/mol. The normalized spacial score (nSPS) is 12.0. The molecule has 0 unspecified atom stereocenters. The van der Waals surface area contributed by atoms with Gasteiger partial charge in [0, 0.05) is 34.3 Å². The largest absolute Gasteiger partial charge is 0.505 e. The minimum atomic E-state index is -5.32. The zero-order valence-electron chi connectivity index (χ0n) is 33.8. The zero-order chi connectivity index (χ0) is 51.3. The molecule has 0 spiro atoms. The molecule has 7 aromatic rings. The van der Waals surface area contributed by atoms with Crippen molar-refractivity contribution in [2.45, 2.75) is 9.79 Å². The minimum Gasteiger partial charge on any atom is -0.505 e. The first-order valence-corrected chi connectivity index (χ1v) is 21.4. The van der Waals surface area contributed by atoms with Crippen molar-refractivity contribution in [2.75, 3.05) is 10.6 Å². The van der Waals surface area contributed by atoms with Gasteiger partial charge < -0.3 is 31.1 Å². The summed E-state index contributed by atoms with van der Waals surface area (Å²) in [6.45, 7) is 0. The van der Waals surface area contributed by atoms with E-state index in [0.29, 0.717) is 0 Å². The topological polar surface area (TPSA) is 344 Å². The Hall–Kier alpha value is -8.93. The SMILES string of the molecule is O=C(Nc1ccc2c(O)c(N=Nc3cc(F)c(F)c(C(=O)O)c3F)c(S(=O)(=O)O)cc2c1)c1cccc(C(=O)Nc2ccc3c(O)c(N=Nc4cc(F)c(F)c(C(=O)O)c4F)c(S(=O)(=O)O)cc3c2)n1. The maximum Gasteiger partial charge on any atom is 0.341 e. The lowest BCUT2D eigenvalue weighted by atomic mass is 10.1. The molecular weight excluding hydrogens is 993 g/mol. The molecule has 0 aliphatic carbocycles. The van der Waals surface area contributed by atoms with Gasteiger partial charge in [0.2, 0.25) is 0 Å². The highest BCUT2D eigenvalue weighted by Crippen LogP contribution is 2.44. The van der Waals surface area contributed by atoms with E-state index in [1.165, 1.54) is 30.3 Å². The number of hydrogen-bond donors (Lipinski definition) is 8. The van der Waals surface area contributed by atoms with E-state index in [1.54, 1.807) is 0 Å². The van der Waals surface area contributed by atoms with Crippen molar-refractivity contribution < 1.29 is 91.9 Å². The van der Waals surface area contributed by atoms with Gasteiger partial charge in [0.05, 0.1) is 0 Å². The highest BCUT2D eigenvalue weighted by molar-refractivity contribution is 7.86. The molecule has 0 atom stereocenters. The molecule has 0 aliphatic rings. The molecule has 21 nitrogen and oxygen atoms in total. The van der Waals surface area contributed by atoms with E-state index in [1.807, 2.05) is 0 Å². The number of aromatic carboxylic acids is 2. The molecule has 1 aromatic heterocycles. The first-order chi connectivity index (χ1) is 32.8. The van der Waals surface area contributed by atoms with E-state index in [2.05, 4.69) is 36.1 Å². The predicted molar refractivity (Wildman–Crippen MR) is 226 cm³/mol. The van der Waals surface area contributed by atoms with Crippen LogP contribution in [0.1, 0.15) is 41.7 Å². The maximum atomic E-state index is 14.7. The predicted octanol–water partition coefficient (Wildman–Crippen LogP) is 8.86. The summed E-state index contributed by atoms with van der Waals surface area (Å²) >= 11 is 0. The Labute approximate surface area is 384 Å². The van der Waals surface area contributed by atoms with Crippen LogP contribution in [0.5, 0.6) is 11.5 Å². The Bertz CT molecular complexity index is 3550. The van der Waals surface area contributed by atoms with E-state index in [0.717, 1.165) is 36.4 Å². The summed E-state index contributed by atoms with van der Waals surface area (Å²) in [4.78, 5) is 50.8. The molecule has 29 heteroatoms. The number of nitrogens with one attached hydrogen (secondary N) is 2. The third-order valence-electron chi connectivity index (χ3n) is 9.61. The minimum absolute atomic E-state index is 0.0954. The number of amides is 2. The second-order valence-corrected chi connectivity index (χ2v) is 16.8. The van der Waals surface area contributed by atoms with Gasteiger partial charge in [0.25, 0.3) is 32.1 Å². The number of phenolic OH excluding ortho intramolecular Hbond substituents is 2. The summed E-state index contributed by atoms with van der Waals surface area (Å²) in [6.07, 6.45) is 0. The van der Waals surface area contributed by atoms with Crippen LogP contribution in [0.3, 0.4) is 0 Å². The van der Waals surface area contributed by atoms with Crippen LogP contribution in [-0.4, -0.2) is 75.1 Å². The molecule has 1 heterocycles. The number of aromatic nitrogens is 1. The third kappa shape index (κ3) is 9.46. The number of phenols is 2. The smallest absolute Gasteiger partial charge is 0.341 e. The summed E-state index contributed by atoms with van der Waals surface area (Å²) in [5, 5.41) is 57.2. The van der Waals surface area contributed by atoms with Crippen LogP contribution in [0.4, 0.5) is 60.5 Å². The molecule has 0 saturated heterocycles. The average Bonchev–Trinajstić information content (AvgIpc) is 3.27. The van der Waals surface area contributed by atoms with Gasteiger partial charge in [-0.25, -0.2) is 40.9 Å². The lowest BCUT2D eigenvalue weighted by Gasteiger charge is -2.12. The Morgan fingerprint density at radius 3 is 1.23 bits per heavy atom. The number of carboxylic acid groups (broad SMARTS) is 2. The van der Waals surface area contributed by atoms with Crippen molar-refractivity contribution in [3.8, 4) is 11.5 Å². The van der Waals surface area contributed by atoms with E-state index in [4.69, 9.17) is 10.2 Å². The number of pyridine rings is 1. The quantitative estimate of drug-likeness (QED) is 0.0245. The van der Waals surface area contributed by atoms with Crippen LogP contribution in [0.15, 0.2) is 109 Å². The molecule has 8 N–H and O–H groups in total. The second-order valence-electron chi connectivity index (χ2n) is 14.1. The standard InChI is InChI=1S/C41H21F6N7O14S2/c42-20-12-24(32(46)28(30(20)44)40(59)60)51-53-34-26(69(63,64)65)10-14-8-16(4-6-18(14)36(34)55)48-38(57)22-2-1-3-23(50-22)39(58)49-17-5-7-19-15(9-17)11-27(70(66,67)68)35(37(19)56)54-52-25-13-21(43)31(45)29(33(25)47)41(61)62/h1-13,55-56H,(H,48,57)(H,49,58)(H,59,60)(H,61,62)(H,63,64,65)(H,66,67,68). The number of aromatic hydroxyl groups is 2. The Balaban J connectivity index is 1.13. The molecule has 0 saturated carbocycles. The molecule has 0 aliphatic heterocycles. The van der Waals surface area contributed by atoms with Gasteiger partial charge in [-0.3, -0.25) is 18.7 Å². The highest BCUT2D eigenvalue weighted by atomic mass is 32.2. The number of carbonyl (C=O) groups is 4. The summed E-state index contributed by atoms with van der Waals surface area (Å²) in [5.74, 6) is -20.2. The molecule has 2 amide bonds. The van der Waals surface area contributed by atoms with Crippen molar-refractivity contribution in [1.82, 2.24) is 4.98 Å². The summed E-state index contributed by atoms with van der Waals surface area (Å²) < 4.78 is 154. The number of benzene rings is 6. The highest BCUT2D eigenvalue weighted by Gasteiger charge is 2.28. The van der Waals surface area contributed by atoms with Crippen molar-refractivity contribution in [3.63, 3.8) is 0 Å². The molecule has 358 valence electrons. The van der Waals surface area contributed by atoms with Gasteiger partial charge in [-0.1, -0.05) is 6.07 Å². The first kappa shape index (κ1) is 49.0. The number of halogens is 6. The van der Waals surface area contributed by atoms with Crippen LogP contribution >= 0.6 is 0 Å². The van der Waals surface area contributed by atoms with E-state index >= 15 is 0 Å². The van der Waals surface area contributed by atoms with Gasteiger partial charge in [0.1, 0.15) is 55.1 Å². The Morgan fingerprint density at radius 2 is 0.886 bits per heavy atom. The number of nitrogens with zero attached hydrogens (tertiary/aromatic N) is 5. The van der Waals surface area contributed by atoms with Crippen molar-refractivity contribution in [2.24, 2.45) is 20.5 Å². The second kappa shape index (κ2) is 18.3. The van der Waals surface area contributed by atoms with Gasteiger partial charge >= 0.3 is 11.9 Å². The van der Waals surface area contributed by atoms with Gasteiger partial charge in [-0.05, 0) is 71.4 Å². The Morgan fingerprint density at radius 1 is 0.514 bits per heavy atom. The van der Waals surface area contributed by atoms with E-state index in [9.17, 15) is 81.7 Å². The van der Waals surface area contributed by atoms with Gasteiger partial charge in [-0.2, -0.15) is 16.8 Å². The number of anilines is 2. The molecule has 0 radical (unpaired) electrons. The number of rotatable bonds is 12. The number of azo groups is 2. The summed E-state index contributed by atoms with van der Waals surface area (Å²) in [6, 6.07) is 11.9. The third-order valence-corrected chi connectivity index (χ3v) is 11.3. The zero-order valence-corrected chi connectivity index (χ0v) is 35.4. The fourth-order valence-electron chi connectivity index (χ4n) is 6.43. The van der Waals surface area contributed by atoms with Crippen LogP contribution < -0.4 is 10.6 Å². The van der Waals surface area contributed by atoms with Crippen LogP contribution in [0, 0.1) is 34.9 Å². The van der Waals surface area contributed by atoms with Gasteiger partial charge in [-0.15, -0.1) is 20.5 Å². The lowest BCUT2D eigenvalue weighted by molar-refractivity contribution is 0.0673. The number of fused-ring (bicyclic) bond motifs is 2. The lowest BCUT2D eigenvalue weighted by Crippen LogP contribution is -2.18. The molecular formula is C41H21F6N7O14S2. The molecule has 7 rings (SSSR count). The molecule has 70 heavy (non-hydrogen) atoms. The first-order valence-electron chi connectivity index (χ1n) is 18.6. The van der Waals surface area contributed by atoms with Crippen LogP contribution in [-0.2, 0) is 20.2 Å². The van der Waals surface area contributed by atoms with Crippen LogP contribution in [0.2, 0.25) is 0 Å². The van der Waals surface area contributed by atoms with E-state index in [-0.39, 0.29) is 45.1 Å². The number of carbonyl (C=O) groups excluding carboxylic acids is 2. The monoisotopic (exact) mass is 1010 g/mol. The summed E-state index contributed by atoms with van der Waals surface area (Å²) in [5.41, 5.74) is -9.08. The molecule has 0 fully saturated rings. The van der Waals surface area contributed by atoms with Gasteiger partial charge in [0.15, 0.2) is 46.4 Å². The van der Waals surface area contributed by atoms with Crippen LogP contribution in [0.25, 0.3) is 21.5 Å². The fourth-order valence-corrected chi connectivity index (χ4v) is 7.75. The van der Waals surface area contributed by atoms with E-state index < -0.39 is 145 Å². The van der Waals surface area contributed by atoms with Crippen molar-refractivity contribution in [3.05, 3.63) is 136 Å². The Kier molecular flexibility index (Phi) is 12.8. The van der Waals surface area contributed by atoms with Crippen molar-refractivity contribution in [1.29, 1.82) is 0 Å². The summed E-state index contributed by atoms with van der Waals surface area (Å²) in [7, 11) is -10.6. The molecule has 0 bridgehead atoms. The maximum absolute atomic E-state index is 14.7. The van der Waals surface area contributed by atoms with Crippen molar-refractivity contribution >= 4 is 99.7 Å². The molecule has 6 aromatic carbocycles. The number of hydrogen-bond acceptors (Lipinski definition) is 15. The fraction of sp³-hybridized carbons (Fsp3) is 0. The number of carboxylic acids is 2.